The van der Waals surface area contributed by atoms with E-state index in [4.69, 9.17) is 26.8 Å². The van der Waals surface area contributed by atoms with E-state index in [-0.39, 0.29) is 0 Å². The second kappa shape index (κ2) is 7.17. The highest BCUT2D eigenvalue weighted by Crippen LogP contribution is 2.35. The van der Waals surface area contributed by atoms with Gasteiger partial charge in [-0.3, -0.25) is 0 Å². The third-order valence-corrected chi connectivity index (χ3v) is 3.19. The quantitative estimate of drug-likeness (QED) is 0.874. The molecule has 0 atom stereocenters. The first-order valence-corrected chi connectivity index (χ1v) is 7.01. The summed E-state index contributed by atoms with van der Waals surface area (Å²) in [6.07, 6.45) is 0.672. The van der Waals surface area contributed by atoms with Crippen LogP contribution in [0.1, 0.15) is 12.5 Å². The molecular weight excluding hydrogens is 274 g/mol. The summed E-state index contributed by atoms with van der Waals surface area (Å²) in [4.78, 5) is 0. The molecule has 4 heteroatoms. The van der Waals surface area contributed by atoms with Crippen LogP contribution < -0.4 is 15.2 Å². The maximum absolute atomic E-state index is 6.21. The Balaban J connectivity index is 2.32. The molecule has 0 saturated heterocycles. The standard InChI is InChI=1S/C16H18ClNO2/c1-2-19-15-7-3-4-8-16(15)20-14-9-5-6-13(17)12(14)10-11-18/h3-9H,2,10-11,18H2,1H3. The third kappa shape index (κ3) is 3.44. The van der Waals surface area contributed by atoms with Gasteiger partial charge in [0.2, 0.25) is 0 Å². The van der Waals surface area contributed by atoms with Crippen molar-refractivity contribution in [2.45, 2.75) is 13.3 Å². The van der Waals surface area contributed by atoms with E-state index in [1.54, 1.807) is 0 Å². The van der Waals surface area contributed by atoms with Gasteiger partial charge in [-0.25, -0.2) is 0 Å². The molecule has 0 aromatic heterocycles. The molecule has 0 unspecified atom stereocenters. The maximum Gasteiger partial charge on any atom is 0.169 e. The van der Waals surface area contributed by atoms with Crippen LogP contribution in [-0.2, 0) is 6.42 Å². The zero-order chi connectivity index (χ0) is 14.4. The summed E-state index contributed by atoms with van der Waals surface area (Å²) in [6, 6.07) is 13.2. The summed E-state index contributed by atoms with van der Waals surface area (Å²) in [7, 11) is 0. The number of nitrogens with two attached hydrogens (primary N) is 1. The Morgan fingerprint density at radius 2 is 1.70 bits per heavy atom. The van der Waals surface area contributed by atoms with Gasteiger partial charge in [0.05, 0.1) is 6.61 Å². The van der Waals surface area contributed by atoms with Crippen molar-refractivity contribution in [2.75, 3.05) is 13.2 Å². The number of ether oxygens (including phenoxy) is 2. The molecule has 0 fully saturated rings. The lowest BCUT2D eigenvalue weighted by atomic mass is 10.1. The van der Waals surface area contributed by atoms with E-state index in [1.807, 2.05) is 49.4 Å². The van der Waals surface area contributed by atoms with Crippen molar-refractivity contribution >= 4 is 11.6 Å². The van der Waals surface area contributed by atoms with Crippen molar-refractivity contribution in [3.8, 4) is 17.2 Å². The van der Waals surface area contributed by atoms with Gasteiger partial charge in [-0.05, 0) is 44.2 Å². The van der Waals surface area contributed by atoms with E-state index >= 15 is 0 Å². The zero-order valence-electron chi connectivity index (χ0n) is 11.4. The van der Waals surface area contributed by atoms with Gasteiger partial charge in [0.1, 0.15) is 5.75 Å². The van der Waals surface area contributed by atoms with Crippen LogP contribution in [0.25, 0.3) is 0 Å². The highest BCUT2D eigenvalue weighted by Gasteiger charge is 2.11. The van der Waals surface area contributed by atoms with E-state index < -0.39 is 0 Å². The number of hydrogen-bond donors (Lipinski definition) is 1. The van der Waals surface area contributed by atoms with Gasteiger partial charge in [-0.1, -0.05) is 29.8 Å². The molecule has 0 heterocycles. The molecule has 0 aliphatic rings. The lowest BCUT2D eigenvalue weighted by Gasteiger charge is -2.14. The minimum absolute atomic E-state index is 0.521. The Hall–Kier alpha value is -1.71. The van der Waals surface area contributed by atoms with Gasteiger partial charge in [0.25, 0.3) is 0 Å². The molecule has 2 aromatic carbocycles. The highest BCUT2D eigenvalue weighted by molar-refractivity contribution is 6.31. The van der Waals surface area contributed by atoms with Gasteiger partial charge in [-0.2, -0.15) is 0 Å². The molecule has 0 spiro atoms. The van der Waals surface area contributed by atoms with E-state index in [0.29, 0.717) is 36.1 Å². The molecule has 0 saturated carbocycles. The lowest BCUT2D eigenvalue weighted by Crippen LogP contribution is -2.05. The molecule has 3 nitrogen and oxygen atoms in total. The second-order valence-electron chi connectivity index (χ2n) is 4.24. The first-order chi connectivity index (χ1) is 9.76. The lowest BCUT2D eigenvalue weighted by molar-refractivity contribution is 0.321. The monoisotopic (exact) mass is 291 g/mol. The van der Waals surface area contributed by atoms with Crippen molar-refractivity contribution in [3.63, 3.8) is 0 Å². The smallest absolute Gasteiger partial charge is 0.169 e. The summed E-state index contributed by atoms with van der Waals surface area (Å²) in [5, 5.41) is 0.668. The Bertz CT molecular complexity index is 572. The van der Waals surface area contributed by atoms with Gasteiger partial charge < -0.3 is 15.2 Å². The van der Waals surface area contributed by atoms with Crippen LogP contribution in [0.5, 0.6) is 17.2 Å². The summed E-state index contributed by atoms with van der Waals surface area (Å²) in [6.45, 7) is 3.05. The van der Waals surface area contributed by atoms with E-state index in [9.17, 15) is 0 Å². The molecule has 2 aromatic rings. The van der Waals surface area contributed by atoms with Crippen LogP contribution in [0, 0.1) is 0 Å². The van der Waals surface area contributed by atoms with E-state index in [0.717, 1.165) is 11.3 Å². The molecule has 0 amide bonds. The minimum Gasteiger partial charge on any atom is -0.490 e. The first-order valence-electron chi connectivity index (χ1n) is 6.63. The van der Waals surface area contributed by atoms with Crippen molar-refractivity contribution < 1.29 is 9.47 Å². The van der Waals surface area contributed by atoms with Crippen LogP contribution in [0.4, 0.5) is 0 Å². The van der Waals surface area contributed by atoms with Gasteiger partial charge in [-0.15, -0.1) is 0 Å². The van der Waals surface area contributed by atoms with Crippen molar-refractivity contribution in [3.05, 3.63) is 53.1 Å². The highest BCUT2D eigenvalue weighted by atomic mass is 35.5. The molecule has 106 valence electrons. The van der Waals surface area contributed by atoms with Gasteiger partial charge in [0, 0.05) is 10.6 Å². The maximum atomic E-state index is 6.21. The predicted molar refractivity (Wildman–Crippen MR) is 81.9 cm³/mol. The van der Waals surface area contributed by atoms with Crippen LogP contribution in [0.3, 0.4) is 0 Å². The second-order valence-corrected chi connectivity index (χ2v) is 4.64. The number of hydrogen-bond acceptors (Lipinski definition) is 3. The molecule has 2 rings (SSSR count). The van der Waals surface area contributed by atoms with Crippen molar-refractivity contribution in [1.82, 2.24) is 0 Å². The summed E-state index contributed by atoms with van der Waals surface area (Å²) >= 11 is 6.21. The van der Waals surface area contributed by atoms with Crippen molar-refractivity contribution in [2.24, 2.45) is 5.73 Å². The van der Waals surface area contributed by atoms with E-state index in [2.05, 4.69) is 0 Å². The van der Waals surface area contributed by atoms with Crippen LogP contribution in [0.2, 0.25) is 5.02 Å². The topological polar surface area (TPSA) is 44.5 Å². The Morgan fingerprint density at radius 3 is 2.40 bits per heavy atom. The zero-order valence-corrected chi connectivity index (χ0v) is 12.2. The fraction of sp³-hybridized carbons (Fsp3) is 0.250. The molecule has 0 bridgehead atoms. The summed E-state index contributed by atoms with van der Waals surface area (Å²) in [5.74, 6) is 2.11. The molecular formula is C16H18ClNO2. The first kappa shape index (κ1) is 14.7. The van der Waals surface area contributed by atoms with Crippen LogP contribution >= 0.6 is 11.6 Å². The Labute approximate surface area is 124 Å². The molecule has 0 radical (unpaired) electrons. The SMILES string of the molecule is CCOc1ccccc1Oc1cccc(Cl)c1CCN. The van der Waals surface area contributed by atoms with Crippen LogP contribution in [0.15, 0.2) is 42.5 Å². The molecule has 20 heavy (non-hydrogen) atoms. The number of halogens is 1. The fourth-order valence-electron chi connectivity index (χ4n) is 1.95. The normalized spacial score (nSPS) is 10.3. The Morgan fingerprint density at radius 1 is 1.00 bits per heavy atom. The third-order valence-electron chi connectivity index (χ3n) is 2.84. The average molecular weight is 292 g/mol. The molecule has 2 N–H and O–H groups in total. The fourth-order valence-corrected chi connectivity index (χ4v) is 2.21. The van der Waals surface area contributed by atoms with Crippen molar-refractivity contribution in [1.29, 1.82) is 0 Å². The van der Waals surface area contributed by atoms with E-state index in [1.165, 1.54) is 0 Å². The largest absolute Gasteiger partial charge is 0.490 e. The van der Waals surface area contributed by atoms with Gasteiger partial charge >= 0.3 is 0 Å². The predicted octanol–water partition coefficient (Wildman–Crippen LogP) is 4.03. The van der Waals surface area contributed by atoms with Crippen LogP contribution in [-0.4, -0.2) is 13.2 Å². The van der Waals surface area contributed by atoms with Gasteiger partial charge in [0.15, 0.2) is 11.5 Å². The number of para-hydroxylation sites is 2. The summed E-state index contributed by atoms with van der Waals surface area (Å²) < 4.78 is 11.5. The minimum atomic E-state index is 0.521. The number of benzene rings is 2. The summed E-state index contributed by atoms with van der Waals surface area (Å²) in [5.41, 5.74) is 6.55. The molecule has 0 aliphatic carbocycles. The number of rotatable bonds is 6. The Kier molecular flexibility index (Phi) is 5.27. The average Bonchev–Trinajstić information content (AvgIpc) is 2.45. The molecule has 0 aliphatic heterocycles.